The van der Waals surface area contributed by atoms with E-state index >= 15 is 0 Å². The molecule has 1 saturated heterocycles. The maximum Gasteiger partial charge on any atom is 0.248 e. The summed E-state index contributed by atoms with van der Waals surface area (Å²) in [5.74, 6) is 1.48. The lowest BCUT2D eigenvalue weighted by Crippen LogP contribution is -2.39. The van der Waals surface area contributed by atoms with Gasteiger partial charge < -0.3 is 23.8 Å². The van der Waals surface area contributed by atoms with Crippen molar-refractivity contribution in [2.24, 2.45) is 0 Å². The van der Waals surface area contributed by atoms with Crippen LogP contribution in [0.5, 0.6) is 11.5 Å². The minimum atomic E-state index is -0.00410. The molecule has 7 heteroatoms. The molecule has 166 valence electrons. The maximum atomic E-state index is 13.0. The van der Waals surface area contributed by atoms with Crippen molar-refractivity contribution >= 4 is 5.91 Å². The van der Waals surface area contributed by atoms with Gasteiger partial charge in [-0.3, -0.25) is 9.69 Å². The number of benzene rings is 2. The summed E-state index contributed by atoms with van der Waals surface area (Å²) in [5.41, 5.74) is 2.08. The Morgan fingerprint density at radius 3 is 2.65 bits per heavy atom. The molecule has 0 aliphatic carbocycles. The highest BCUT2D eigenvalue weighted by Gasteiger charge is 2.18. The van der Waals surface area contributed by atoms with Crippen LogP contribution in [0, 0.1) is 0 Å². The number of fused-ring (bicyclic) bond motifs is 1. The Morgan fingerprint density at radius 1 is 1.00 bits per heavy atom. The highest BCUT2D eigenvalue weighted by Crippen LogP contribution is 2.32. The third-order valence-electron chi connectivity index (χ3n) is 5.51. The number of carbonyl (C=O) groups is 1. The molecule has 0 aromatic heterocycles. The van der Waals surface area contributed by atoms with Crippen molar-refractivity contribution < 1.29 is 23.7 Å². The van der Waals surface area contributed by atoms with Gasteiger partial charge in [0, 0.05) is 32.7 Å². The number of ether oxygens (including phenoxy) is 4. The average Bonchev–Trinajstić information content (AvgIpc) is 3.28. The predicted molar refractivity (Wildman–Crippen MR) is 116 cm³/mol. The van der Waals surface area contributed by atoms with Gasteiger partial charge in [0.05, 0.1) is 19.8 Å². The number of rotatable bonds is 10. The van der Waals surface area contributed by atoms with Crippen molar-refractivity contribution in [1.29, 1.82) is 0 Å². The fourth-order valence-electron chi connectivity index (χ4n) is 3.78. The second-order valence-corrected chi connectivity index (χ2v) is 7.79. The molecule has 0 bridgehead atoms. The molecular formula is C24H30N2O5. The van der Waals surface area contributed by atoms with Crippen LogP contribution >= 0.6 is 0 Å². The van der Waals surface area contributed by atoms with Crippen molar-refractivity contribution in [1.82, 2.24) is 9.80 Å². The topological polar surface area (TPSA) is 60.5 Å². The molecule has 2 heterocycles. The molecule has 0 saturated carbocycles. The molecule has 2 aliphatic heterocycles. The van der Waals surface area contributed by atoms with E-state index in [0.717, 1.165) is 61.9 Å². The molecule has 1 fully saturated rings. The first-order valence-corrected chi connectivity index (χ1v) is 10.9. The number of nitrogens with zero attached hydrogens (tertiary/aromatic N) is 2. The zero-order valence-corrected chi connectivity index (χ0v) is 17.8. The van der Waals surface area contributed by atoms with E-state index in [1.165, 1.54) is 0 Å². The maximum absolute atomic E-state index is 13.0. The first kappa shape index (κ1) is 21.6. The van der Waals surface area contributed by atoms with Crippen molar-refractivity contribution in [2.75, 3.05) is 52.8 Å². The van der Waals surface area contributed by atoms with E-state index in [2.05, 4.69) is 4.90 Å². The standard InChI is InChI=1S/C24H30N2O5/c27-24(18-29-17-20-5-2-1-3-6-20)26(10-4-9-25-11-13-28-14-12-25)16-21-7-8-22-23(15-21)31-19-30-22/h1-3,5-8,15H,4,9-14,16-19H2. The summed E-state index contributed by atoms with van der Waals surface area (Å²) in [6.07, 6.45) is 0.912. The largest absolute Gasteiger partial charge is 0.454 e. The zero-order valence-electron chi connectivity index (χ0n) is 17.8. The molecule has 4 rings (SSSR count). The number of carbonyl (C=O) groups excluding carboxylic acids is 1. The lowest BCUT2D eigenvalue weighted by molar-refractivity contribution is -0.137. The molecule has 31 heavy (non-hydrogen) atoms. The number of morpholine rings is 1. The highest BCUT2D eigenvalue weighted by atomic mass is 16.7. The molecule has 0 spiro atoms. The van der Waals surface area contributed by atoms with Gasteiger partial charge in [-0.25, -0.2) is 0 Å². The summed E-state index contributed by atoms with van der Waals surface area (Å²) >= 11 is 0. The van der Waals surface area contributed by atoms with Gasteiger partial charge in [0.25, 0.3) is 0 Å². The molecule has 0 atom stereocenters. The lowest BCUT2D eigenvalue weighted by Gasteiger charge is -2.28. The monoisotopic (exact) mass is 426 g/mol. The quantitative estimate of drug-likeness (QED) is 0.582. The molecule has 7 nitrogen and oxygen atoms in total. The minimum absolute atomic E-state index is 0.00410. The second kappa shape index (κ2) is 11.1. The molecule has 0 radical (unpaired) electrons. The average molecular weight is 427 g/mol. The van der Waals surface area contributed by atoms with Crippen molar-refractivity contribution in [3.8, 4) is 11.5 Å². The second-order valence-electron chi connectivity index (χ2n) is 7.79. The van der Waals surface area contributed by atoms with Crippen LogP contribution in [-0.2, 0) is 27.4 Å². The van der Waals surface area contributed by atoms with Gasteiger partial charge >= 0.3 is 0 Å². The Balaban J connectivity index is 1.33. The fraction of sp³-hybridized carbons (Fsp3) is 0.458. The lowest BCUT2D eigenvalue weighted by atomic mass is 10.2. The minimum Gasteiger partial charge on any atom is -0.454 e. The van der Waals surface area contributed by atoms with Gasteiger partial charge in [-0.15, -0.1) is 0 Å². The first-order valence-electron chi connectivity index (χ1n) is 10.9. The van der Waals surface area contributed by atoms with E-state index in [1.54, 1.807) is 0 Å². The molecule has 0 N–H and O–H groups in total. The van der Waals surface area contributed by atoms with E-state index < -0.39 is 0 Å². The Hall–Kier alpha value is -2.61. The Kier molecular flexibility index (Phi) is 7.76. The van der Waals surface area contributed by atoms with Crippen LogP contribution < -0.4 is 9.47 Å². The molecule has 1 amide bonds. The Labute approximate surface area is 183 Å². The normalized spacial score (nSPS) is 15.7. The third-order valence-corrected chi connectivity index (χ3v) is 5.51. The number of hydrogen-bond acceptors (Lipinski definition) is 6. The summed E-state index contributed by atoms with van der Waals surface area (Å²) in [6.45, 7) is 6.38. The van der Waals surface area contributed by atoms with Crippen LogP contribution in [-0.4, -0.2) is 68.5 Å². The van der Waals surface area contributed by atoms with E-state index in [4.69, 9.17) is 18.9 Å². The van der Waals surface area contributed by atoms with E-state index in [0.29, 0.717) is 19.7 Å². The van der Waals surface area contributed by atoms with Gasteiger partial charge in [-0.1, -0.05) is 36.4 Å². The van der Waals surface area contributed by atoms with E-state index in [9.17, 15) is 4.79 Å². The summed E-state index contributed by atoms with van der Waals surface area (Å²) in [7, 11) is 0. The van der Waals surface area contributed by atoms with Crippen LogP contribution in [0.1, 0.15) is 17.5 Å². The van der Waals surface area contributed by atoms with Gasteiger partial charge in [0.15, 0.2) is 11.5 Å². The van der Waals surface area contributed by atoms with Crippen LogP contribution in [0.4, 0.5) is 0 Å². The summed E-state index contributed by atoms with van der Waals surface area (Å²) in [6, 6.07) is 15.7. The van der Waals surface area contributed by atoms with Crippen molar-refractivity contribution in [2.45, 2.75) is 19.6 Å². The molecule has 0 unspecified atom stereocenters. The summed E-state index contributed by atoms with van der Waals surface area (Å²) < 4.78 is 22.0. The highest BCUT2D eigenvalue weighted by molar-refractivity contribution is 5.77. The fourth-order valence-corrected chi connectivity index (χ4v) is 3.78. The van der Waals surface area contributed by atoms with Gasteiger partial charge in [0.1, 0.15) is 6.61 Å². The van der Waals surface area contributed by atoms with Gasteiger partial charge in [-0.05, 0) is 29.7 Å². The Bertz CT molecular complexity index is 839. The summed E-state index contributed by atoms with van der Waals surface area (Å²) in [4.78, 5) is 17.2. The molecule has 2 aliphatic rings. The molecular weight excluding hydrogens is 396 g/mol. The third kappa shape index (κ3) is 6.43. The van der Waals surface area contributed by atoms with E-state index in [-0.39, 0.29) is 19.3 Å². The van der Waals surface area contributed by atoms with Crippen molar-refractivity contribution in [3.05, 3.63) is 59.7 Å². The number of amides is 1. The van der Waals surface area contributed by atoms with Crippen LogP contribution in [0.25, 0.3) is 0 Å². The molecule has 2 aromatic carbocycles. The van der Waals surface area contributed by atoms with Crippen LogP contribution in [0.3, 0.4) is 0 Å². The van der Waals surface area contributed by atoms with Crippen LogP contribution in [0.15, 0.2) is 48.5 Å². The molecule has 2 aromatic rings. The number of hydrogen-bond donors (Lipinski definition) is 0. The first-order chi connectivity index (χ1) is 15.3. The van der Waals surface area contributed by atoms with Gasteiger partial charge in [0.2, 0.25) is 12.7 Å². The van der Waals surface area contributed by atoms with Crippen molar-refractivity contribution in [3.63, 3.8) is 0 Å². The Morgan fingerprint density at radius 2 is 1.81 bits per heavy atom. The smallest absolute Gasteiger partial charge is 0.248 e. The van der Waals surface area contributed by atoms with E-state index in [1.807, 2.05) is 53.4 Å². The SMILES string of the molecule is O=C(COCc1ccccc1)N(CCCN1CCOCC1)Cc1ccc2c(c1)OCO2. The zero-order chi connectivity index (χ0) is 21.3. The van der Waals surface area contributed by atoms with Gasteiger partial charge in [-0.2, -0.15) is 0 Å². The summed E-state index contributed by atoms with van der Waals surface area (Å²) in [5, 5.41) is 0. The van der Waals surface area contributed by atoms with Crippen LogP contribution in [0.2, 0.25) is 0 Å². The predicted octanol–water partition coefficient (Wildman–Crippen LogP) is 2.68.